The summed E-state index contributed by atoms with van der Waals surface area (Å²) in [6.45, 7) is 3.35. The lowest BCUT2D eigenvalue weighted by atomic mass is 9.77. The van der Waals surface area contributed by atoms with Gasteiger partial charge in [0.1, 0.15) is 0 Å². The average molecular weight is 369 g/mol. The van der Waals surface area contributed by atoms with E-state index in [0.29, 0.717) is 32.2 Å². The summed E-state index contributed by atoms with van der Waals surface area (Å²) in [5.74, 6) is 0.462. The summed E-state index contributed by atoms with van der Waals surface area (Å²) < 4.78 is 33.2. The Morgan fingerprint density at radius 2 is 2.12 bits per heavy atom. The minimum Gasteiger partial charge on any atom is -0.375 e. The largest absolute Gasteiger partial charge is 0.375 e. The molecule has 25 heavy (non-hydrogen) atoms. The second-order valence-corrected chi connectivity index (χ2v) is 9.54. The molecule has 1 atom stereocenters. The summed E-state index contributed by atoms with van der Waals surface area (Å²) >= 11 is 0. The minimum absolute atomic E-state index is 0.0413. The van der Waals surface area contributed by atoms with Gasteiger partial charge in [0.25, 0.3) is 10.2 Å². The predicted molar refractivity (Wildman–Crippen MR) is 96.2 cm³/mol. The molecule has 3 heterocycles. The zero-order valence-electron chi connectivity index (χ0n) is 15.3. The van der Waals surface area contributed by atoms with E-state index in [1.165, 1.54) is 4.31 Å². The summed E-state index contributed by atoms with van der Waals surface area (Å²) in [7, 11) is 1.96. The van der Waals surface area contributed by atoms with Crippen molar-refractivity contribution < 1.29 is 13.2 Å². The van der Waals surface area contributed by atoms with Crippen LogP contribution >= 0.6 is 0 Å². The van der Waals surface area contributed by atoms with E-state index in [1.807, 2.05) is 18.2 Å². The molecule has 1 spiro atoms. The first kappa shape index (κ1) is 18.7. The quantitative estimate of drug-likeness (QED) is 0.743. The van der Waals surface area contributed by atoms with Crippen LogP contribution in [-0.4, -0.2) is 79.8 Å². The molecule has 0 aliphatic carbocycles. The Labute approximate surface area is 150 Å². The number of nitrogens with zero attached hydrogens (tertiary/aromatic N) is 4. The van der Waals surface area contributed by atoms with Crippen LogP contribution in [0.15, 0.2) is 24.4 Å². The van der Waals surface area contributed by atoms with Crippen molar-refractivity contribution >= 4 is 10.2 Å². The molecule has 140 valence electrons. The van der Waals surface area contributed by atoms with Crippen LogP contribution in [0, 0.1) is 5.92 Å². The third-order valence-electron chi connectivity index (χ3n) is 5.41. The number of likely N-dealkylation sites (N-methyl/N-ethyl adjacent to an activating group) is 1. The third-order valence-corrected chi connectivity index (χ3v) is 7.24. The highest BCUT2D eigenvalue weighted by Crippen LogP contribution is 2.39. The van der Waals surface area contributed by atoms with Crippen LogP contribution in [-0.2, 0) is 21.6 Å². The smallest absolute Gasteiger partial charge is 0.281 e. The SMILES string of the molecule is CN1CC[C@@H](COCc2ccccn2)CC12CN(S(=O)(=O)N(C)C)C2. The molecule has 0 aromatic carbocycles. The first-order valence-corrected chi connectivity index (χ1v) is 10.1. The number of piperidine rings is 1. The third kappa shape index (κ3) is 3.88. The molecule has 7 nitrogen and oxygen atoms in total. The van der Waals surface area contributed by atoms with Gasteiger partial charge >= 0.3 is 0 Å². The molecule has 0 bridgehead atoms. The fourth-order valence-electron chi connectivity index (χ4n) is 3.74. The maximum Gasteiger partial charge on any atom is 0.281 e. The maximum absolute atomic E-state index is 12.3. The Kier molecular flexibility index (Phi) is 5.45. The molecular formula is C17H28N4O3S. The van der Waals surface area contributed by atoms with E-state index in [1.54, 1.807) is 24.6 Å². The van der Waals surface area contributed by atoms with Crippen molar-refractivity contribution in [3.8, 4) is 0 Å². The van der Waals surface area contributed by atoms with Gasteiger partial charge in [-0.15, -0.1) is 0 Å². The second-order valence-electron chi connectivity index (χ2n) is 7.40. The first-order chi connectivity index (χ1) is 11.8. The monoisotopic (exact) mass is 368 g/mol. The van der Waals surface area contributed by atoms with Crippen molar-refractivity contribution in [2.24, 2.45) is 5.92 Å². The van der Waals surface area contributed by atoms with Gasteiger partial charge < -0.3 is 4.74 Å². The van der Waals surface area contributed by atoms with E-state index in [0.717, 1.165) is 25.1 Å². The van der Waals surface area contributed by atoms with Gasteiger partial charge in [0.2, 0.25) is 0 Å². The van der Waals surface area contributed by atoms with Gasteiger partial charge in [-0.1, -0.05) is 6.07 Å². The Morgan fingerprint density at radius 1 is 1.36 bits per heavy atom. The van der Waals surface area contributed by atoms with Crippen molar-refractivity contribution in [1.82, 2.24) is 18.5 Å². The lowest BCUT2D eigenvalue weighted by molar-refractivity contribution is -0.0614. The molecule has 0 N–H and O–H groups in total. The van der Waals surface area contributed by atoms with Gasteiger partial charge in [-0.2, -0.15) is 17.0 Å². The average Bonchev–Trinajstić information content (AvgIpc) is 2.55. The number of likely N-dealkylation sites (tertiary alicyclic amines) is 1. The number of aromatic nitrogens is 1. The Balaban J connectivity index is 1.53. The van der Waals surface area contributed by atoms with E-state index < -0.39 is 10.2 Å². The normalized spacial score (nSPS) is 24.6. The highest BCUT2D eigenvalue weighted by molar-refractivity contribution is 7.86. The van der Waals surface area contributed by atoms with E-state index in [-0.39, 0.29) is 5.54 Å². The van der Waals surface area contributed by atoms with E-state index in [9.17, 15) is 8.42 Å². The molecule has 2 saturated heterocycles. The lowest BCUT2D eigenvalue weighted by Crippen LogP contribution is -2.73. The Bertz CT molecular complexity index is 674. The van der Waals surface area contributed by atoms with E-state index in [2.05, 4.69) is 16.9 Å². The van der Waals surface area contributed by atoms with Crippen LogP contribution in [0.1, 0.15) is 18.5 Å². The van der Waals surface area contributed by atoms with Crippen LogP contribution in [0.4, 0.5) is 0 Å². The van der Waals surface area contributed by atoms with Gasteiger partial charge in [0.15, 0.2) is 0 Å². The van der Waals surface area contributed by atoms with Crippen molar-refractivity contribution in [2.45, 2.75) is 25.0 Å². The van der Waals surface area contributed by atoms with E-state index >= 15 is 0 Å². The van der Waals surface area contributed by atoms with Gasteiger partial charge in [-0.05, 0) is 44.5 Å². The van der Waals surface area contributed by atoms with Crippen LogP contribution in [0.2, 0.25) is 0 Å². The van der Waals surface area contributed by atoms with Crippen LogP contribution < -0.4 is 0 Å². The fraction of sp³-hybridized carbons (Fsp3) is 0.706. The molecular weight excluding hydrogens is 340 g/mol. The molecule has 1 aromatic heterocycles. The van der Waals surface area contributed by atoms with Crippen LogP contribution in [0.3, 0.4) is 0 Å². The number of rotatable bonds is 6. The minimum atomic E-state index is -3.31. The summed E-state index contributed by atoms with van der Waals surface area (Å²) in [6, 6.07) is 5.82. The fourth-order valence-corrected chi connectivity index (χ4v) is 5.01. The van der Waals surface area contributed by atoms with Gasteiger partial charge in [0.05, 0.1) is 18.9 Å². The number of ether oxygens (including phenoxy) is 1. The maximum atomic E-state index is 12.3. The highest BCUT2D eigenvalue weighted by atomic mass is 32.2. The van der Waals surface area contributed by atoms with Crippen molar-refractivity contribution in [2.75, 3.05) is 47.4 Å². The molecule has 8 heteroatoms. The van der Waals surface area contributed by atoms with Crippen molar-refractivity contribution in [1.29, 1.82) is 0 Å². The van der Waals surface area contributed by atoms with Gasteiger partial charge in [0, 0.05) is 38.9 Å². The molecule has 0 radical (unpaired) electrons. The molecule has 3 rings (SSSR count). The van der Waals surface area contributed by atoms with Crippen molar-refractivity contribution in [3.05, 3.63) is 30.1 Å². The van der Waals surface area contributed by atoms with Crippen molar-refractivity contribution in [3.63, 3.8) is 0 Å². The molecule has 0 saturated carbocycles. The Morgan fingerprint density at radius 3 is 2.76 bits per heavy atom. The van der Waals surface area contributed by atoms with Crippen LogP contribution in [0.5, 0.6) is 0 Å². The molecule has 2 aliphatic rings. The second kappa shape index (κ2) is 7.28. The first-order valence-electron chi connectivity index (χ1n) is 8.70. The Hall–Kier alpha value is -1.06. The molecule has 1 aromatic rings. The number of pyridine rings is 1. The molecule has 2 fully saturated rings. The summed E-state index contributed by atoms with van der Waals surface area (Å²) in [6.07, 6.45) is 3.84. The topological polar surface area (TPSA) is 66.0 Å². The summed E-state index contributed by atoms with van der Waals surface area (Å²) in [5, 5.41) is 0. The highest BCUT2D eigenvalue weighted by Gasteiger charge is 2.53. The van der Waals surface area contributed by atoms with Crippen LogP contribution in [0.25, 0.3) is 0 Å². The van der Waals surface area contributed by atoms with Gasteiger partial charge in [-0.3, -0.25) is 9.88 Å². The van der Waals surface area contributed by atoms with Gasteiger partial charge in [-0.25, -0.2) is 0 Å². The molecule has 0 unspecified atom stereocenters. The molecule has 2 aliphatic heterocycles. The molecule has 0 amide bonds. The lowest BCUT2D eigenvalue weighted by Gasteiger charge is -2.58. The summed E-state index contributed by atoms with van der Waals surface area (Å²) in [5.41, 5.74) is 0.900. The number of hydrogen-bond donors (Lipinski definition) is 0. The predicted octanol–water partition coefficient (Wildman–Crippen LogP) is 0.801. The zero-order valence-corrected chi connectivity index (χ0v) is 16.1. The zero-order chi connectivity index (χ0) is 18.1. The van der Waals surface area contributed by atoms with E-state index in [4.69, 9.17) is 4.74 Å². The standard InChI is InChI=1S/C17H28N4O3S/c1-19(2)25(22,23)21-13-17(14-21)10-15(7-9-20(17)3)11-24-12-16-6-4-5-8-18-16/h4-6,8,15H,7,9-14H2,1-3H3/t15-/m1/s1. The summed E-state index contributed by atoms with van der Waals surface area (Å²) in [4.78, 5) is 6.59. The number of hydrogen-bond acceptors (Lipinski definition) is 5.